The molecule has 0 bridgehead atoms. The fourth-order valence-electron chi connectivity index (χ4n) is 2.90. The summed E-state index contributed by atoms with van der Waals surface area (Å²) in [6.07, 6.45) is 0. The molecule has 0 spiro atoms. The quantitative estimate of drug-likeness (QED) is 0.452. The van der Waals surface area contributed by atoms with Crippen molar-refractivity contribution in [3.63, 3.8) is 0 Å². The third-order valence-corrected chi connectivity index (χ3v) is 5.14. The molecule has 5 rings (SSSR count). The summed E-state index contributed by atoms with van der Waals surface area (Å²) in [5.74, 6) is 2.09. The van der Waals surface area contributed by atoms with Crippen LogP contribution in [0.2, 0.25) is 0 Å². The fourth-order valence-corrected chi connectivity index (χ4v) is 3.65. The van der Waals surface area contributed by atoms with E-state index in [0.717, 1.165) is 33.1 Å². The Morgan fingerprint density at radius 2 is 1.86 bits per heavy atom. The van der Waals surface area contributed by atoms with Crippen molar-refractivity contribution in [3.05, 3.63) is 65.7 Å². The molecule has 0 aliphatic carbocycles. The molecule has 0 saturated carbocycles. The average molecular weight is 389 g/mol. The predicted octanol–water partition coefficient (Wildman–Crippen LogP) is 3.99. The zero-order valence-corrected chi connectivity index (χ0v) is 15.8. The number of hydrogen-bond acceptors (Lipinski definition) is 7. The van der Waals surface area contributed by atoms with Crippen LogP contribution in [0.5, 0.6) is 11.5 Å². The van der Waals surface area contributed by atoms with Gasteiger partial charge in [-0.15, -0.1) is 10.2 Å². The van der Waals surface area contributed by atoms with Gasteiger partial charge in [-0.05, 0) is 24.3 Å². The van der Waals surface area contributed by atoms with Gasteiger partial charge in [-0.25, -0.2) is 4.98 Å². The highest BCUT2D eigenvalue weighted by Gasteiger charge is 2.15. The summed E-state index contributed by atoms with van der Waals surface area (Å²) in [7, 11) is 1.63. The number of fused-ring (bicyclic) bond motifs is 2. The number of para-hydroxylation sites is 1. The second kappa shape index (κ2) is 6.90. The molecule has 2 aromatic carbocycles. The summed E-state index contributed by atoms with van der Waals surface area (Å²) >= 11 is 1.44. The maximum Gasteiger partial charge on any atom is 0.235 e. The number of ether oxygens (including phenoxy) is 2. The van der Waals surface area contributed by atoms with E-state index in [1.54, 1.807) is 11.6 Å². The van der Waals surface area contributed by atoms with E-state index in [2.05, 4.69) is 20.3 Å². The van der Waals surface area contributed by atoms with Crippen molar-refractivity contribution < 1.29 is 9.47 Å². The monoisotopic (exact) mass is 389 g/mol. The van der Waals surface area contributed by atoms with E-state index in [0.29, 0.717) is 17.4 Å². The maximum atomic E-state index is 5.83. The first-order valence-corrected chi connectivity index (χ1v) is 9.46. The van der Waals surface area contributed by atoms with Gasteiger partial charge in [0.1, 0.15) is 23.8 Å². The number of aromatic nitrogens is 5. The van der Waals surface area contributed by atoms with E-state index in [-0.39, 0.29) is 0 Å². The Balaban J connectivity index is 1.43. The second-order valence-electron chi connectivity index (χ2n) is 6.07. The van der Waals surface area contributed by atoms with Gasteiger partial charge in [0, 0.05) is 11.5 Å². The first-order chi connectivity index (χ1) is 13.8. The van der Waals surface area contributed by atoms with Crippen LogP contribution in [0, 0.1) is 0 Å². The van der Waals surface area contributed by atoms with Crippen molar-refractivity contribution >= 4 is 27.2 Å². The zero-order valence-electron chi connectivity index (χ0n) is 14.9. The molecule has 0 aliphatic heterocycles. The van der Waals surface area contributed by atoms with Crippen LogP contribution in [0.4, 0.5) is 0 Å². The van der Waals surface area contributed by atoms with Crippen LogP contribution in [-0.4, -0.2) is 31.9 Å². The van der Waals surface area contributed by atoms with Crippen LogP contribution in [0.3, 0.4) is 0 Å². The number of nitrogens with zero attached hydrogens (tertiary/aromatic N) is 5. The highest BCUT2D eigenvalue weighted by molar-refractivity contribution is 7.16. The lowest BCUT2D eigenvalue weighted by atomic mass is 10.2. The van der Waals surface area contributed by atoms with Crippen molar-refractivity contribution in [3.8, 4) is 23.0 Å². The standard InChI is InChI=1S/C20H15N5O2S/c1-26-14-6-4-7-15(11-14)27-12-18-24-25-19(22-23-20(25)28-18)17-10-9-13-5-2-3-8-16(13)21-17/h2-11H,12H2,1H3. The van der Waals surface area contributed by atoms with Gasteiger partial charge in [-0.1, -0.05) is 41.7 Å². The number of methoxy groups -OCH3 is 1. The molecule has 7 nitrogen and oxygen atoms in total. The lowest BCUT2D eigenvalue weighted by Crippen LogP contribution is -1.98. The lowest BCUT2D eigenvalue weighted by Gasteiger charge is -2.05. The van der Waals surface area contributed by atoms with Gasteiger partial charge in [0.05, 0.1) is 12.6 Å². The molecule has 5 aromatic rings. The molecule has 0 aliphatic rings. The normalized spacial score (nSPS) is 11.2. The van der Waals surface area contributed by atoms with Gasteiger partial charge in [0.2, 0.25) is 10.8 Å². The molecule has 3 heterocycles. The van der Waals surface area contributed by atoms with E-state index < -0.39 is 0 Å². The number of rotatable bonds is 5. The minimum Gasteiger partial charge on any atom is -0.497 e. The smallest absolute Gasteiger partial charge is 0.235 e. The van der Waals surface area contributed by atoms with Gasteiger partial charge < -0.3 is 9.47 Å². The van der Waals surface area contributed by atoms with E-state index in [4.69, 9.17) is 9.47 Å². The van der Waals surface area contributed by atoms with Crippen LogP contribution in [0.15, 0.2) is 60.7 Å². The van der Waals surface area contributed by atoms with Gasteiger partial charge in [-0.2, -0.15) is 9.61 Å². The lowest BCUT2D eigenvalue weighted by molar-refractivity contribution is 0.301. The van der Waals surface area contributed by atoms with Crippen molar-refractivity contribution in [2.24, 2.45) is 0 Å². The van der Waals surface area contributed by atoms with E-state index in [1.807, 2.05) is 60.7 Å². The van der Waals surface area contributed by atoms with E-state index in [9.17, 15) is 0 Å². The molecule has 138 valence electrons. The maximum absolute atomic E-state index is 5.83. The first-order valence-electron chi connectivity index (χ1n) is 8.64. The fraction of sp³-hybridized carbons (Fsp3) is 0.100. The van der Waals surface area contributed by atoms with Crippen LogP contribution >= 0.6 is 11.3 Å². The Labute approximate surface area is 164 Å². The summed E-state index contributed by atoms with van der Waals surface area (Å²) in [6, 6.07) is 19.4. The molecule has 0 radical (unpaired) electrons. The zero-order chi connectivity index (χ0) is 18.9. The van der Waals surface area contributed by atoms with Crippen LogP contribution < -0.4 is 9.47 Å². The molecule has 8 heteroatoms. The molecule has 3 aromatic heterocycles. The molecule has 0 N–H and O–H groups in total. The predicted molar refractivity (Wildman–Crippen MR) is 107 cm³/mol. The van der Waals surface area contributed by atoms with Crippen molar-refractivity contribution in [1.29, 1.82) is 0 Å². The number of hydrogen-bond donors (Lipinski definition) is 0. The van der Waals surface area contributed by atoms with Gasteiger partial charge in [0.15, 0.2) is 5.01 Å². The molecular weight excluding hydrogens is 374 g/mol. The van der Waals surface area contributed by atoms with Crippen molar-refractivity contribution in [2.75, 3.05) is 7.11 Å². The molecule has 0 atom stereocenters. The molecule has 0 unspecified atom stereocenters. The number of pyridine rings is 1. The Morgan fingerprint density at radius 1 is 0.964 bits per heavy atom. The second-order valence-corrected chi connectivity index (χ2v) is 7.11. The van der Waals surface area contributed by atoms with Gasteiger partial charge >= 0.3 is 0 Å². The average Bonchev–Trinajstić information content (AvgIpc) is 3.32. The van der Waals surface area contributed by atoms with Crippen LogP contribution in [-0.2, 0) is 6.61 Å². The summed E-state index contributed by atoms with van der Waals surface area (Å²) in [6.45, 7) is 0.339. The Bertz CT molecular complexity index is 1280. The minimum absolute atomic E-state index is 0.339. The Hall–Kier alpha value is -3.52. The molecular formula is C20H15N5O2S. The molecule has 0 amide bonds. The van der Waals surface area contributed by atoms with Crippen molar-refractivity contribution in [2.45, 2.75) is 6.61 Å². The highest BCUT2D eigenvalue weighted by Crippen LogP contribution is 2.24. The summed E-state index contributed by atoms with van der Waals surface area (Å²) in [4.78, 5) is 5.39. The van der Waals surface area contributed by atoms with Crippen molar-refractivity contribution in [1.82, 2.24) is 24.8 Å². The summed E-state index contributed by atoms with van der Waals surface area (Å²) < 4.78 is 12.8. The van der Waals surface area contributed by atoms with Gasteiger partial charge in [0.25, 0.3) is 0 Å². The number of benzene rings is 2. The molecule has 0 fully saturated rings. The SMILES string of the molecule is COc1cccc(OCc2nn3c(-c4ccc5ccccc5n4)nnc3s2)c1. The van der Waals surface area contributed by atoms with Crippen LogP contribution in [0.25, 0.3) is 27.4 Å². The van der Waals surface area contributed by atoms with Crippen LogP contribution in [0.1, 0.15) is 5.01 Å². The highest BCUT2D eigenvalue weighted by atomic mass is 32.1. The Morgan fingerprint density at radius 3 is 2.79 bits per heavy atom. The molecule has 0 saturated heterocycles. The van der Waals surface area contributed by atoms with E-state index >= 15 is 0 Å². The van der Waals surface area contributed by atoms with E-state index in [1.165, 1.54) is 11.3 Å². The Kier molecular flexibility index (Phi) is 4.10. The summed E-state index contributed by atoms with van der Waals surface area (Å²) in [5.41, 5.74) is 1.64. The largest absolute Gasteiger partial charge is 0.497 e. The first kappa shape index (κ1) is 16.6. The summed E-state index contributed by atoms with van der Waals surface area (Å²) in [5, 5.41) is 15.0. The minimum atomic E-state index is 0.339. The topological polar surface area (TPSA) is 74.4 Å². The molecule has 28 heavy (non-hydrogen) atoms. The third-order valence-electron chi connectivity index (χ3n) is 4.26. The third kappa shape index (κ3) is 3.03. The van der Waals surface area contributed by atoms with Gasteiger partial charge in [-0.3, -0.25) is 0 Å².